The van der Waals surface area contributed by atoms with E-state index in [4.69, 9.17) is 10.5 Å². The number of carbonyl (C=O) groups excluding carboxylic acids is 2. The van der Waals surface area contributed by atoms with Crippen molar-refractivity contribution >= 4 is 17.5 Å². The molecule has 1 fully saturated rings. The molecule has 0 bridgehead atoms. The molecule has 1 aliphatic heterocycles. The summed E-state index contributed by atoms with van der Waals surface area (Å²) < 4.78 is 7.57. The van der Waals surface area contributed by atoms with Gasteiger partial charge in [0.05, 0.1) is 30.2 Å². The van der Waals surface area contributed by atoms with Gasteiger partial charge >= 0.3 is 0 Å². The molecule has 3 N–H and O–H groups in total. The maximum Gasteiger partial charge on any atom is 0.254 e. The smallest absolute Gasteiger partial charge is 0.254 e. The lowest BCUT2D eigenvalue weighted by Crippen LogP contribution is -2.35. The fourth-order valence-electron chi connectivity index (χ4n) is 3.91. The van der Waals surface area contributed by atoms with Gasteiger partial charge in [-0.1, -0.05) is 6.58 Å². The second-order valence-electron chi connectivity index (χ2n) is 7.88. The van der Waals surface area contributed by atoms with E-state index in [1.54, 1.807) is 9.42 Å². The number of nitrogens with one attached hydrogen (secondary N) is 1. The number of imidazole rings is 1. The molecule has 0 radical (unpaired) electrons. The van der Waals surface area contributed by atoms with E-state index in [1.165, 1.54) is 18.9 Å². The highest BCUT2D eigenvalue weighted by Gasteiger charge is 2.28. The number of carbonyl (C=O) groups is 2. The second-order valence-corrected chi connectivity index (χ2v) is 7.88. The molecule has 30 heavy (non-hydrogen) atoms. The Kier molecular flexibility index (Phi) is 4.34. The van der Waals surface area contributed by atoms with E-state index in [9.17, 15) is 9.59 Å². The lowest BCUT2D eigenvalue weighted by atomic mass is 10.1. The maximum absolute atomic E-state index is 12.3. The van der Waals surface area contributed by atoms with Gasteiger partial charge in [-0.05, 0) is 49.1 Å². The number of rotatable bonds is 6. The van der Waals surface area contributed by atoms with Crippen LogP contribution in [0.5, 0.6) is 5.75 Å². The van der Waals surface area contributed by atoms with Crippen LogP contribution in [0.2, 0.25) is 0 Å². The first-order chi connectivity index (χ1) is 14.5. The Hall–Kier alpha value is -3.55. The summed E-state index contributed by atoms with van der Waals surface area (Å²) in [4.78, 5) is 30.7. The molecule has 154 valence electrons. The van der Waals surface area contributed by atoms with Crippen molar-refractivity contribution in [1.82, 2.24) is 19.5 Å². The first-order valence-corrected chi connectivity index (χ1v) is 10.1. The van der Waals surface area contributed by atoms with Crippen LogP contribution in [-0.2, 0) is 17.8 Å². The maximum atomic E-state index is 12.3. The number of hydrogen-bond donors (Lipinski definition) is 2. The fraction of sp³-hybridized carbons (Fsp3) is 0.318. The van der Waals surface area contributed by atoms with Gasteiger partial charge in [-0.2, -0.15) is 0 Å². The molecule has 0 saturated heterocycles. The van der Waals surface area contributed by atoms with Gasteiger partial charge in [0.15, 0.2) is 5.65 Å². The average molecular weight is 405 g/mol. The number of amides is 2. The molecular formula is C22H23N5O3. The number of primary amides is 1. The SMILES string of the molecule is C=CC(=O)N1CCc2nc3c(C(N)=O)c(-c4ccc(OCC5CC5)cc4)[nH]n3c2C1. The summed E-state index contributed by atoms with van der Waals surface area (Å²) in [5.74, 6) is 0.811. The monoisotopic (exact) mass is 405 g/mol. The third kappa shape index (κ3) is 3.14. The van der Waals surface area contributed by atoms with Gasteiger partial charge in [-0.3, -0.25) is 14.7 Å². The zero-order chi connectivity index (χ0) is 20.8. The number of aromatic amines is 1. The molecule has 8 heteroatoms. The zero-order valence-corrected chi connectivity index (χ0v) is 16.6. The number of H-pyrrole nitrogens is 1. The summed E-state index contributed by atoms with van der Waals surface area (Å²) in [6.45, 7) is 5.27. The van der Waals surface area contributed by atoms with Crippen molar-refractivity contribution in [3.8, 4) is 17.0 Å². The summed E-state index contributed by atoms with van der Waals surface area (Å²) >= 11 is 0. The lowest BCUT2D eigenvalue weighted by molar-refractivity contribution is -0.126. The third-order valence-corrected chi connectivity index (χ3v) is 5.77. The highest BCUT2D eigenvalue weighted by Crippen LogP contribution is 2.32. The van der Waals surface area contributed by atoms with Crippen molar-refractivity contribution in [2.75, 3.05) is 13.2 Å². The predicted octanol–water partition coefficient (Wildman–Crippen LogP) is 2.29. The molecule has 0 unspecified atom stereocenters. The van der Waals surface area contributed by atoms with E-state index in [-0.39, 0.29) is 5.91 Å². The van der Waals surface area contributed by atoms with Crippen LogP contribution in [0.1, 0.15) is 34.6 Å². The second kappa shape index (κ2) is 7.05. The highest BCUT2D eigenvalue weighted by molar-refractivity contribution is 6.04. The van der Waals surface area contributed by atoms with E-state index in [1.807, 2.05) is 24.3 Å². The number of nitrogens with zero attached hydrogens (tertiary/aromatic N) is 3. The number of hydrogen-bond acceptors (Lipinski definition) is 4. The number of benzene rings is 1. The number of nitrogens with two attached hydrogens (primary N) is 1. The minimum absolute atomic E-state index is 0.126. The van der Waals surface area contributed by atoms with Crippen molar-refractivity contribution in [3.63, 3.8) is 0 Å². The first-order valence-electron chi connectivity index (χ1n) is 10.1. The lowest BCUT2D eigenvalue weighted by Gasteiger charge is -2.25. The summed E-state index contributed by atoms with van der Waals surface area (Å²) in [5, 5.41) is 3.28. The van der Waals surface area contributed by atoms with E-state index in [0.717, 1.165) is 29.3 Å². The van der Waals surface area contributed by atoms with Gasteiger partial charge in [0, 0.05) is 18.5 Å². The molecule has 8 nitrogen and oxygen atoms in total. The minimum Gasteiger partial charge on any atom is -0.493 e. The van der Waals surface area contributed by atoms with Crippen LogP contribution >= 0.6 is 0 Å². The standard InChI is InChI=1S/C22H23N5O3/c1-2-18(28)26-10-9-16-17(11-26)27-22(24-16)19(21(23)29)20(25-27)14-5-7-15(8-6-14)30-12-13-3-4-13/h2,5-8,13,25H,1,3-4,9-12H2,(H2,23,29). The van der Waals surface area contributed by atoms with Crippen molar-refractivity contribution in [2.45, 2.75) is 25.8 Å². The molecule has 0 spiro atoms. The van der Waals surface area contributed by atoms with E-state index >= 15 is 0 Å². The molecule has 2 aliphatic rings. The Morgan fingerprint density at radius 1 is 1.30 bits per heavy atom. The van der Waals surface area contributed by atoms with Crippen LogP contribution in [0.25, 0.3) is 16.9 Å². The Bertz CT molecular complexity index is 1150. The summed E-state index contributed by atoms with van der Waals surface area (Å²) in [7, 11) is 0. The fourth-order valence-corrected chi connectivity index (χ4v) is 3.91. The Balaban J connectivity index is 1.51. The Morgan fingerprint density at radius 3 is 2.73 bits per heavy atom. The Labute approximate surface area is 173 Å². The van der Waals surface area contributed by atoms with E-state index < -0.39 is 5.91 Å². The zero-order valence-electron chi connectivity index (χ0n) is 16.6. The molecule has 1 aliphatic carbocycles. The number of ether oxygens (including phenoxy) is 1. The molecular weight excluding hydrogens is 382 g/mol. The predicted molar refractivity (Wildman–Crippen MR) is 111 cm³/mol. The minimum atomic E-state index is -0.549. The molecule has 3 heterocycles. The average Bonchev–Trinajstić information content (AvgIpc) is 3.42. The molecule has 1 aromatic carbocycles. The van der Waals surface area contributed by atoms with Gasteiger partial charge in [-0.25, -0.2) is 9.50 Å². The van der Waals surface area contributed by atoms with E-state index in [2.05, 4.69) is 16.7 Å². The molecule has 5 rings (SSSR count). The van der Waals surface area contributed by atoms with Crippen LogP contribution in [0.3, 0.4) is 0 Å². The van der Waals surface area contributed by atoms with Crippen LogP contribution in [0, 0.1) is 5.92 Å². The molecule has 2 amide bonds. The summed E-state index contributed by atoms with van der Waals surface area (Å²) in [6, 6.07) is 7.60. The number of aromatic nitrogens is 3. The van der Waals surface area contributed by atoms with Crippen molar-refractivity contribution in [3.05, 3.63) is 53.9 Å². The summed E-state index contributed by atoms with van der Waals surface area (Å²) in [6.07, 6.45) is 4.40. The Morgan fingerprint density at radius 2 is 2.07 bits per heavy atom. The summed E-state index contributed by atoms with van der Waals surface area (Å²) in [5.41, 5.74) is 9.70. The highest BCUT2D eigenvalue weighted by atomic mass is 16.5. The van der Waals surface area contributed by atoms with Crippen molar-refractivity contribution in [1.29, 1.82) is 0 Å². The number of fused-ring (bicyclic) bond motifs is 3. The van der Waals surface area contributed by atoms with Gasteiger partial charge < -0.3 is 15.4 Å². The van der Waals surface area contributed by atoms with Gasteiger partial charge in [-0.15, -0.1) is 0 Å². The van der Waals surface area contributed by atoms with Crippen LogP contribution in [-0.4, -0.2) is 44.5 Å². The molecule has 2 aromatic heterocycles. The first kappa shape index (κ1) is 18.5. The molecule has 1 saturated carbocycles. The van der Waals surface area contributed by atoms with Gasteiger partial charge in [0.1, 0.15) is 11.3 Å². The quantitative estimate of drug-likeness (QED) is 0.614. The van der Waals surface area contributed by atoms with E-state index in [0.29, 0.717) is 42.3 Å². The molecule has 0 atom stereocenters. The topological polar surface area (TPSA) is 106 Å². The van der Waals surface area contributed by atoms with Crippen molar-refractivity contribution < 1.29 is 14.3 Å². The largest absolute Gasteiger partial charge is 0.493 e. The third-order valence-electron chi connectivity index (χ3n) is 5.77. The van der Waals surface area contributed by atoms with Crippen LogP contribution in [0.15, 0.2) is 36.9 Å². The van der Waals surface area contributed by atoms with Gasteiger partial charge in [0.2, 0.25) is 5.91 Å². The van der Waals surface area contributed by atoms with Crippen LogP contribution < -0.4 is 10.5 Å². The van der Waals surface area contributed by atoms with Crippen molar-refractivity contribution in [2.24, 2.45) is 11.7 Å². The molecule has 3 aromatic rings. The normalized spacial score (nSPS) is 15.8. The van der Waals surface area contributed by atoms with Crippen LogP contribution in [0.4, 0.5) is 0 Å². The van der Waals surface area contributed by atoms with Gasteiger partial charge in [0.25, 0.3) is 5.91 Å².